The number of nitrogens with zero attached hydrogens (tertiary/aromatic N) is 2. The molecule has 12 heteroatoms. The first kappa shape index (κ1) is 28.9. The Labute approximate surface area is 227 Å². The number of carbonyl (C=O) groups is 2. The van der Waals surface area contributed by atoms with E-state index in [0.717, 1.165) is 4.31 Å². The summed E-state index contributed by atoms with van der Waals surface area (Å²) in [6, 6.07) is 8.53. The second-order valence-electron chi connectivity index (χ2n) is 8.79. The van der Waals surface area contributed by atoms with Crippen LogP contribution in [0.4, 0.5) is 5.69 Å². The Kier molecular flexibility index (Phi) is 9.55. The molecule has 0 radical (unpaired) electrons. The molecule has 2 aromatic carbocycles. The number of hydrogen-bond donors (Lipinski definition) is 1. The molecule has 9 nitrogen and oxygen atoms in total. The van der Waals surface area contributed by atoms with Gasteiger partial charge in [0.05, 0.1) is 11.4 Å². The molecular formula is C25H31Cl2N3O6S. The fourth-order valence-electron chi connectivity index (χ4n) is 3.89. The van der Waals surface area contributed by atoms with Gasteiger partial charge in [-0.15, -0.1) is 0 Å². The molecule has 0 saturated heterocycles. The Morgan fingerprint density at radius 2 is 1.76 bits per heavy atom. The molecular weight excluding hydrogens is 541 g/mol. The van der Waals surface area contributed by atoms with E-state index >= 15 is 0 Å². The predicted molar refractivity (Wildman–Crippen MR) is 144 cm³/mol. The number of benzene rings is 2. The van der Waals surface area contributed by atoms with Gasteiger partial charge in [0.1, 0.15) is 12.6 Å². The van der Waals surface area contributed by atoms with Crippen LogP contribution in [0, 0.1) is 0 Å². The van der Waals surface area contributed by atoms with E-state index in [0.29, 0.717) is 33.5 Å². The number of nitrogens with one attached hydrogen (secondary N) is 1. The van der Waals surface area contributed by atoms with Crippen molar-refractivity contribution in [2.75, 3.05) is 23.4 Å². The standard InChI is InChI=1S/C25H31Cl2N3O6S/c1-5-21(25(32)28-16(3)4)29(13-17-7-8-18(26)11-20(17)27)24(31)14-30(37(33,34)6-2)19-9-10-22-23(12-19)36-15-35-22/h7-12,16,21H,5-6,13-15H2,1-4H3,(H,28,32). The van der Waals surface area contributed by atoms with E-state index in [1.54, 1.807) is 37.3 Å². The highest BCUT2D eigenvalue weighted by atomic mass is 35.5. The van der Waals surface area contributed by atoms with E-state index in [1.165, 1.54) is 17.9 Å². The second-order valence-corrected chi connectivity index (χ2v) is 11.8. The highest BCUT2D eigenvalue weighted by Gasteiger charge is 2.33. The lowest BCUT2D eigenvalue weighted by atomic mass is 10.1. The molecule has 0 bridgehead atoms. The monoisotopic (exact) mass is 571 g/mol. The molecule has 1 N–H and O–H groups in total. The van der Waals surface area contributed by atoms with E-state index in [2.05, 4.69) is 5.32 Å². The van der Waals surface area contributed by atoms with Gasteiger partial charge in [-0.1, -0.05) is 36.2 Å². The van der Waals surface area contributed by atoms with Crippen molar-refractivity contribution in [3.63, 3.8) is 0 Å². The summed E-state index contributed by atoms with van der Waals surface area (Å²) in [6.07, 6.45) is 0.306. The molecule has 202 valence electrons. The summed E-state index contributed by atoms with van der Waals surface area (Å²) in [5.74, 6) is -0.272. The lowest BCUT2D eigenvalue weighted by Gasteiger charge is -2.33. The maximum Gasteiger partial charge on any atom is 0.244 e. The summed E-state index contributed by atoms with van der Waals surface area (Å²) in [5, 5.41) is 3.61. The highest BCUT2D eigenvalue weighted by molar-refractivity contribution is 7.92. The lowest BCUT2D eigenvalue weighted by molar-refractivity contribution is -0.140. The first-order valence-electron chi connectivity index (χ1n) is 11.9. The van der Waals surface area contributed by atoms with Gasteiger partial charge in [-0.25, -0.2) is 8.42 Å². The van der Waals surface area contributed by atoms with Gasteiger partial charge in [-0.3, -0.25) is 13.9 Å². The third-order valence-electron chi connectivity index (χ3n) is 5.80. The molecule has 1 aliphatic heterocycles. The number of sulfonamides is 1. The van der Waals surface area contributed by atoms with Crippen LogP contribution in [0.2, 0.25) is 10.0 Å². The number of carbonyl (C=O) groups excluding carboxylic acids is 2. The Morgan fingerprint density at radius 1 is 1.05 bits per heavy atom. The molecule has 37 heavy (non-hydrogen) atoms. The van der Waals surface area contributed by atoms with Crippen LogP contribution in [0.5, 0.6) is 11.5 Å². The van der Waals surface area contributed by atoms with Crippen LogP contribution in [0.25, 0.3) is 0 Å². The summed E-state index contributed by atoms with van der Waals surface area (Å²) in [6.45, 7) is 6.41. The fourth-order valence-corrected chi connectivity index (χ4v) is 5.42. The van der Waals surface area contributed by atoms with Crippen LogP contribution in [0.3, 0.4) is 0 Å². The van der Waals surface area contributed by atoms with Gasteiger partial charge in [0, 0.05) is 28.7 Å². The lowest BCUT2D eigenvalue weighted by Crippen LogP contribution is -2.53. The fraction of sp³-hybridized carbons (Fsp3) is 0.440. The summed E-state index contributed by atoms with van der Waals surface area (Å²) in [4.78, 5) is 28.2. The van der Waals surface area contributed by atoms with E-state index in [-0.39, 0.29) is 36.7 Å². The van der Waals surface area contributed by atoms with Crippen LogP contribution >= 0.6 is 23.2 Å². The first-order chi connectivity index (χ1) is 17.5. The second kappa shape index (κ2) is 12.2. The van der Waals surface area contributed by atoms with Crippen molar-refractivity contribution < 1.29 is 27.5 Å². The number of anilines is 1. The quantitative estimate of drug-likeness (QED) is 0.433. The van der Waals surface area contributed by atoms with Gasteiger partial charge in [0.2, 0.25) is 28.6 Å². The van der Waals surface area contributed by atoms with Crippen LogP contribution in [-0.2, 0) is 26.2 Å². The summed E-state index contributed by atoms with van der Waals surface area (Å²) in [7, 11) is -3.87. The molecule has 0 aromatic heterocycles. The SMILES string of the molecule is CCC(C(=O)NC(C)C)N(Cc1ccc(Cl)cc1Cl)C(=O)CN(c1ccc2c(c1)OCO2)S(=O)(=O)CC. The van der Waals surface area contributed by atoms with Crippen molar-refractivity contribution >= 4 is 50.7 Å². The molecule has 1 heterocycles. The smallest absolute Gasteiger partial charge is 0.244 e. The van der Waals surface area contributed by atoms with Crippen molar-refractivity contribution in [3.8, 4) is 11.5 Å². The van der Waals surface area contributed by atoms with E-state index < -0.39 is 28.5 Å². The number of rotatable bonds is 11. The van der Waals surface area contributed by atoms with Gasteiger partial charge in [0.25, 0.3) is 0 Å². The third kappa shape index (κ3) is 7.00. The van der Waals surface area contributed by atoms with Crippen molar-refractivity contribution in [2.24, 2.45) is 0 Å². The normalized spacial score (nSPS) is 13.4. The molecule has 3 rings (SSSR count). The number of hydrogen-bond acceptors (Lipinski definition) is 6. The number of fused-ring (bicyclic) bond motifs is 1. The molecule has 2 amide bonds. The zero-order valence-corrected chi connectivity index (χ0v) is 23.5. The minimum Gasteiger partial charge on any atom is -0.454 e. The minimum atomic E-state index is -3.87. The largest absolute Gasteiger partial charge is 0.454 e. The van der Waals surface area contributed by atoms with Crippen LogP contribution in [-0.4, -0.2) is 56.3 Å². The topological polar surface area (TPSA) is 105 Å². The molecule has 0 fully saturated rings. The zero-order valence-electron chi connectivity index (χ0n) is 21.2. The zero-order chi connectivity index (χ0) is 27.3. The van der Waals surface area contributed by atoms with E-state index in [4.69, 9.17) is 32.7 Å². The van der Waals surface area contributed by atoms with Crippen LogP contribution in [0.1, 0.15) is 39.7 Å². The predicted octanol–water partition coefficient (Wildman–Crippen LogP) is 4.21. The molecule has 1 unspecified atom stereocenters. The summed E-state index contributed by atoms with van der Waals surface area (Å²) in [5.41, 5.74) is 0.826. The molecule has 0 spiro atoms. The van der Waals surface area contributed by atoms with Gasteiger partial charge in [0.15, 0.2) is 11.5 Å². The summed E-state index contributed by atoms with van der Waals surface area (Å²) < 4.78 is 37.9. The van der Waals surface area contributed by atoms with Gasteiger partial charge >= 0.3 is 0 Å². The first-order valence-corrected chi connectivity index (χ1v) is 14.3. The van der Waals surface area contributed by atoms with Crippen molar-refractivity contribution in [3.05, 3.63) is 52.0 Å². The Morgan fingerprint density at radius 3 is 2.38 bits per heavy atom. The third-order valence-corrected chi connectivity index (χ3v) is 8.12. The van der Waals surface area contributed by atoms with Gasteiger partial charge in [-0.05, 0) is 57.0 Å². The molecule has 1 aliphatic rings. The minimum absolute atomic E-state index is 0.0139. The van der Waals surface area contributed by atoms with Crippen molar-refractivity contribution in [2.45, 2.75) is 52.7 Å². The Hall–Kier alpha value is -2.69. The average Bonchev–Trinajstić information content (AvgIpc) is 3.31. The number of ether oxygens (including phenoxy) is 2. The maximum atomic E-state index is 13.8. The van der Waals surface area contributed by atoms with Crippen LogP contribution in [0.15, 0.2) is 36.4 Å². The molecule has 2 aromatic rings. The van der Waals surface area contributed by atoms with Crippen LogP contribution < -0.4 is 19.1 Å². The van der Waals surface area contributed by atoms with E-state index in [1.807, 2.05) is 13.8 Å². The van der Waals surface area contributed by atoms with Gasteiger partial charge in [-0.2, -0.15) is 0 Å². The Bertz CT molecular complexity index is 1250. The Balaban J connectivity index is 2.00. The van der Waals surface area contributed by atoms with Crippen molar-refractivity contribution in [1.82, 2.24) is 10.2 Å². The molecule has 0 aliphatic carbocycles. The van der Waals surface area contributed by atoms with Gasteiger partial charge < -0.3 is 19.7 Å². The molecule has 1 atom stereocenters. The summed E-state index contributed by atoms with van der Waals surface area (Å²) >= 11 is 12.4. The average molecular weight is 573 g/mol. The van der Waals surface area contributed by atoms with Crippen molar-refractivity contribution in [1.29, 1.82) is 0 Å². The van der Waals surface area contributed by atoms with E-state index in [9.17, 15) is 18.0 Å². The number of amides is 2. The molecule has 0 saturated carbocycles. The number of halogens is 2. The maximum absolute atomic E-state index is 13.8. The highest BCUT2D eigenvalue weighted by Crippen LogP contribution is 2.36.